The maximum atomic E-state index is 5.88. The molecule has 0 saturated heterocycles. The molecule has 2 nitrogen and oxygen atoms in total. The molecule has 1 saturated carbocycles. The Kier molecular flexibility index (Phi) is 9.54. The third-order valence-electron chi connectivity index (χ3n) is 4.66. The van der Waals surface area contributed by atoms with E-state index in [0.29, 0.717) is 0 Å². The minimum atomic E-state index is 0.785. The lowest BCUT2D eigenvalue weighted by Gasteiger charge is -2.30. The summed E-state index contributed by atoms with van der Waals surface area (Å²) >= 11 is 0. The van der Waals surface area contributed by atoms with Crippen molar-refractivity contribution in [1.82, 2.24) is 5.32 Å². The van der Waals surface area contributed by atoms with E-state index in [9.17, 15) is 0 Å². The highest BCUT2D eigenvalue weighted by Gasteiger charge is 2.23. The van der Waals surface area contributed by atoms with Gasteiger partial charge in [-0.2, -0.15) is 0 Å². The van der Waals surface area contributed by atoms with Crippen molar-refractivity contribution in [2.75, 3.05) is 19.6 Å². The van der Waals surface area contributed by atoms with Crippen molar-refractivity contribution < 1.29 is 0 Å². The SMILES string of the molecule is CC(C)CCCCCCNCC1CCCCC1CN. The van der Waals surface area contributed by atoms with Gasteiger partial charge in [-0.05, 0) is 56.7 Å². The normalized spacial score (nSPS) is 24.0. The Morgan fingerprint density at radius 3 is 2.37 bits per heavy atom. The van der Waals surface area contributed by atoms with Crippen LogP contribution >= 0.6 is 0 Å². The van der Waals surface area contributed by atoms with Crippen molar-refractivity contribution in [3.63, 3.8) is 0 Å². The second-order valence-electron chi connectivity index (χ2n) is 6.84. The van der Waals surface area contributed by atoms with Crippen LogP contribution in [-0.4, -0.2) is 19.6 Å². The fourth-order valence-corrected chi connectivity index (χ4v) is 3.31. The summed E-state index contributed by atoms with van der Waals surface area (Å²) in [5, 5.41) is 3.66. The van der Waals surface area contributed by atoms with Crippen LogP contribution in [0.5, 0.6) is 0 Å². The van der Waals surface area contributed by atoms with Gasteiger partial charge in [0.05, 0.1) is 0 Å². The molecule has 2 heteroatoms. The first-order valence-electron chi connectivity index (χ1n) is 8.64. The number of hydrogen-bond acceptors (Lipinski definition) is 2. The van der Waals surface area contributed by atoms with Crippen LogP contribution in [0, 0.1) is 17.8 Å². The van der Waals surface area contributed by atoms with Gasteiger partial charge in [-0.1, -0.05) is 52.4 Å². The summed E-state index contributed by atoms with van der Waals surface area (Å²) in [5.41, 5.74) is 5.88. The molecule has 0 spiro atoms. The maximum Gasteiger partial charge on any atom is -0.00174 e. The lowest BCUT2D eigenvalue weighted by Crippen LogP contribution is -2.34. The van der Waals surface area contributed by atoms with E-state index < -0.39 is 0 Å². The number of unbranched alkanes of at least 4 members (excludes halogenated alkanes) is 3. The number of hydrogen-bond donors (Lipinski definition) is 2. The zero-order valence-corrected chi connectivity index (χ0v) is 13.3. The molecule has 1 rings (SSSR count). The van der Waals surface area contributed by atoms with Crippen molar-refractivity contribution in [3.05, 3.63) is 0 Å². The van der Waals surface area contributed by atoms with Crippen molar-refractivity contribution in [3.8, 4) is 0 Å². The molecular weight excluding hydrogens is 232 g/mol. The Morgan fingerprint density at radius 1 is 1.00 bits per heavy atom. The monoisotopic (exact) mass is 268 g/mol. The average Bonchev–Trinajstić information content (AvgIpc) is 2.42. The molecule has 1 aliphatic rings. The van der Waals surface area contributed by atoms with Crippen molar-refractivity contribution >= 4 is 0 Å². The fourth-order valence-electron chi connectivity index (χ4n) is 3.31. The molecule has 0 aliphatic heterocycles. The summed E-state index contributed by atoms with van der Waals surface area (Å²) < 4.78 is 0. The van der Waals surface area contributed by atoms with Gasteiger partial charge in [0.25, 0.3) is 0 Å². The first-order chi connectivity index (χ1) is 9.24. The Hall–Kier alpha value is -0.0800. The standard InChI is InChI=1S/C17H36N2/c1-15(2)9-5-3-4-8-12-19-14-17-11-7-6-10-16(17)13-18/h15-17,19H,3-14,18H2,1-2H3. The van der Waals surface area contributed by atoms with Crippen LogP contribution in [0.25, 0.3) is 0 Å². The highest BCUT2D eigenvalue weighted by Crippen LogP contribution is 2.28. The highest BCUT2D eigenvalue weighted by molar-refractivity contribution is 4.77. The van der Waals surface area contributed by atoms with Crippen LogP contribution < -0.4 is 11.1 Å². The molecule has 2 atom stereocenters. The predicted octanol–water partition coefficient (Wildman–Crippen LogP) is 3.95. The summed E-state index contributed by atoms with van der Waals surface area (Å²) in [4.78, 5) is 0. The summed E-state index contributed by atoms with van der Waals surface area (Å²) in [7, 11) is 0. The van der Waals surface area contributed by atoms with Gasteiger partial charge in [0, 0.05) is 0 Å². The molecule has 0 aromatic heterocycles. The predicted molar refractivity (Wildman–Crippen MR) is 85.3 cm³/mol. The van der Waals surface area contributed by atoms with E-state index in [2.05, 4.69) is 19.2 Å². The summed E-state index contributed by atoms with van der Waals surface area (Å²) in [6.07, 6.45) is 12.5. The van der Waals surface area contributed by atoms with Crippen LogP contribution in [0.3, 0.4) is 0 Å². The Bertz CT molecular complexity index is 203. The van der Waals surface area contributed by atoms with Crippen LogP contribution in [0.15, 0.2) is 0 Å². The van der Waals surface area contributed by atoms with Gasteiger partial charge in [0.1, 0.15) is 0 Å². The molecule has 114 valence electrons. The zero-order chi connectivity index (χ0) is 13.9. The van der Waals surface area contributed by atoms with Crippen molar-refractivity contribution in [2.24, 2.45) is 23.5 Å². The van der Waals surface area contributed by atoms with Gasteiger partial charge in [0.2, 0.25) is 0 Å². The molecule has 19 heavy (non-hydrogen) atoms. The molecule has 3 N–H and O–H groups in total. The second kappa shape index (κ2) is 10.7. The minimum absolute atomic E-state index is 0.785. The Balaban J connectivity index is 1.92. The largest absolute Gasteiger partial charge is 0.330 e. The molecule has 1 fully saturated rings. The Morgan fingerprint density at radius 2 is 1.68 bits per heavy atom. The summed E-state index contributed by atoms with van der Waals surface area (Å²) in [6, 6.07) is 0. The molecule has 2 unspecified atom stereocenters. The van der Waals surface area contributed by atoms with Gasteiger partial charge in [-0.15, -0.1) is 0 Å². The van der Waals surface area contributed by atoms with Gasteiger partial charge in [-0.25, -0.2) is 0 Å². The van der Waals surface area contributed by atoms with Crippen LogP contribution in [0.2, 0.25) is 0 Å². The van der Waals surface area contributed by atoms with Crippen LogP contribution in [-0.2, 0) is 0 Å². The van der Waals surface area contributed by atoms with E-state index in [1.54, 1.807) is 0 Å². The maximum absolute atomic E-state index is 5.88. The zero-order valence-electron chi connectivity index (χ0n) is 13.3. The molecule has 0 aromatic carbocycles. The van der Waals surface area contributed by atoms with Gasteiger partial charge in [0.15, 0.2) is 0 Å². The van der Waals surface area contributed by atoms with E-state index in [-0.39, 0.29) is 0 Å². The van der Waals surface area contributed by atoms with Crippen molar-refractivity contribution in [2.45, 2.75) is 71.6 Å². The van der Waals surface area contributed by atoms with E-state index in [1.165, 1.54) is 70.9 Å². The summed E-state index contributed by atoms with van der Waals surface area (Å²) in [5.74, 6) is 2.50. The van der Waals surface area contributed by atoms with E-state index in [0.717, 1.165) is 24.3 Å². The molecule has 1 aliphatic carbocycles. The van der Waals surface area contributed by atoms with Crippen LogP contribution in [0.4, 0.5) is 0 Å². The number of rotatable bonds is 10. The van der Waals surface area contributed by atoms with E-state index in [1.807, 2.05) is 0 Å². The minimum Gasteiger partial charge on any atom is -0.330 e. The molecule has 0 bridgehead atoms. The lowest BCUT2D eigenvalue weighted by atomic mass is 9.79. The molecule has 0 heterocycles. The van der Waals surface area contributed by atoms with Gasteiger partial charge in [-0.3, -0.25) is 0 Å². The fraction of sp³-hybridized carbons (Fsp3) is 1.00. The highest BCUT2D eigenvalue weighted by atomic mass is 14.9. The molecule has 0 aromatic rings. The first-order valence-corrected chi connectivity index (χ1v) is 8.64. The molecule has 0 radical (unpaired) electrons. The van der Waals surface area contributed by atoms with E-state index >= 15 is 0 Å². The van der Waals surface area contributed by atoms with Crippen LogP contribution in [0.1, 0.15) is 71.6 Å². The van der Waals surface area contributed by atoms with Gasteiger partial charge >= 0.3 is 0 Å². The lowest BCUT2D eigenvalue weighted by molar-refractivity contribution is 0.236. The molecule has 0 amide bonds. The quantitative estimate of drug-likeness (QED) is 0.589. The average molecular weight is 268 g/mol. The third-order valence-corrected chi connectivity index (χ3v) is 4.66. The number of nitrogens with one attached hydrogen (secondary N) is 1. The van der Waals surface area contributed by atoms with E-state index in [4.69, 9.17) is 5.73 Å². The van der Waals surface area contributed by atoms with Crippen molar-refractivity contribution in [1.29, 1.82) is 0 Å². The number of nitrogens with two attached hydrogens (primary N) is 1. The molecular formula is C17H36N2. The topological polar surface area (TPSA) is 38.0 Å². The van der Waals surface area contributed by atoms with Gasteiger partial charge < -0.3 is 11.1 Å². The third kappa shape index (κ3) is 7.94. The first kappa shape index (κ1) is 17.0. The Labute approximate surface area is 120 Å². The second-order valence-corrected chi connectivity index (χ2v) is 6.84. The smallest absolute Gasteiger partial charge is 0.00174 e. The summed E-state index contributed by atoms with van der Waals surface area (Å²) in [6.45, 7) is 7.93.